The molecule has 1 fully saturated rings. The summed E-state index contributed by atoms with van der Waals surface area (Å²) < 4.78 is 6.97. The minimum Gasteiger partial charge on any atom is -0.360 e. The first kappa shape index (κ1) is 19.4. The van der Waals surface area contributed by atoms with Crippen molar-refractivity contribution in [1.82, 2.24) is 35.0 Å². The van der Waals surface area contributed by atoms with Crippen LogP contribution in [0.3, 0.4) is 0 Å². The SMILES string of the molecule is Cc1onc(-c2ccccc2Cl)c1C(=O)N1CCN(c2ncnc3c2nnn3C)CC1. The van der Waals surface area contributed by atoms with E-state index in [-0.39, 0.29) is 5.91 Å². The maximum Gasteiger partial charge on any atom is 0.259 e. The van der Waals surface area contributed by atoms with Crippen molar-refractivity contribution < 1.29 is 9.32 Å². The second-order valence-electron chi connectivity index (χ2n) is 7.30. The summed E-state index contributed by atoms with van der Waals surface area (Å²) >= 11 is 6.33. The zero-order chi connectivity index (χ0) is 21.5. The monoisotopic (exact) mass is 438 g/mol. The molecule has 0 saturated carbocycles. The molecule has 3 aromatic heterocycles. The van der Waals surface area contributed by atoms with E-state index in [0.29, 0.717) is 64.9 Å². The highest BCUT2D eigenvalue weighted by Crippen LogP contribution is 2.32. The van der Waals surface area contributed by atoms with Crippen molar-refractivity contribution in [2.75, 3.05) is 31.1 Å². The van der Waals surface area contributed by atoms with Crippen LogP contribution in [0.25, 0.3) is 22.4 Å². The number of carbonyl (C=O) groups excluding carboxylic acids is 1. The number of anilines is 1. The molecular weight excluding hydrogens is 420 g/mol. The highest BCUT2D eigenvalue weighted by Gasteiger charge is 2.30. The predicted molar refractivity (Wildman–Crippen MR) is 114 cm³/mol. The van der Waals surface area contributed by atoms with Crippen molar-refractivity contribution in [2.24, 2.45) is 7.05 Å². The van der Waals surface area contributed by atoms with Crippen LogP contribution in [0, 0.1) is 6.92 Å². The van der Waals surface area contributed by atoms with Crippen molar-refractivity contribution in [3.05, 3.63) is 46.9 Å². The number of hydrogen-bond donors (Lipinski definition) is 0. The Bertz CT molecular complexity index is 1280. The predicted octanol–water partition coefficient (Wildman–Crippen LogP) is 2.34. The number of hydrogen-bond acceptors (Lipinski definition) is 8. The van der Waals surface area contributed by atoms with Crippen LogP contribution in [-0.2, 0) is 7.05 Å². The van der Waals surface area contributed by atoms with Gasteiger partial charge in [0.1, 0.15) is 23.3 Å². The molecule has 5 rings (SSSR count). The number of aromatic nitrogens is 6. The van der Waals surface area contributed by atoms with Gasteiger partial charge in [-0.2, -0.15) is 0 Å². The molecule has 11 heteroatoms. The fourth-order valence-corrected chi connectivity index (χ4v) is 4.04. The van der Waals surface area contributed by atoms with Crippen LogP contribution in [0.4, 0.5) is 5.82 Å². The molecule has 0 unspecified atom stereocenters. The van der Waals surface area contributed by atoms with E-state index < -0.39 is 0 Å². The van der Waals surface area contributed by atoms with Crippen molar-refractivity contribution in [1.29, 1.82) is 0 Å². The van der Waals surface area contributed by atoms with Gasteiger partial charge >= 0.3 is 0 Å². The van der Waals surface area contributed by atoms with E-state index in [2.05, 4.69) is 30.3 Å². The lowest BCUT2D eigenvalue weighted by molar-refractivity contribution is 0.0745. The average molecular weight is 439 g/mol. The second-order valence-corrected chi connectivity index (χ2v) is 7.71. The van der Waals surface area contributed by atoms with Crippen LogP contribution in [0.2, 0.25) is 5.02 Å². The Morgan fingerprint density at radius 2 is 1.90 bits per heavy atom. The summed E-state index contributed by atoms with van der Waals surface area (Å²) in [6.45, 7) is 4.01. The van der Waals surface area contributed by atoms with Crippen LogP contribution in [0.5, 0.6) is 0 Å². The molecule has 1 aliphatic rings. The molecule has 4 aromatic rings. The van der Waals surface area contributed by atoms with E-state index in [9.17, 15) is 4.79 Å². The molecule has 0 spiro atoms. The van der Waals surface area contributed by atoms with Gasteiger partial charge in [-0.1, -0.05) is 40.2 Å². The molecule has 31 heavy (non-hydrogen) atoms. The molecule has 4 heterocycles. The number of fused-ring (bicyclic) bond motifs is 1. The maximum absolute atomic E-state index is 13.4. The highest BCUT2D eigenvalue weighted by molar-refractivity contribution is 6.33. The van der Waals surface area contributed by atoms with Crippen molar-refractivity contribution >= 4 is 34.5 Å². The first-order chi connectivity index (χ1) is 15.0. The van der Waals surface area contributed by atoms with Crippen LogP contribution >= 0.6 is 11.6 Å². The molecule has 1 saturated heterocycles. The molecule has 0 bridgehead atoms. The summed E-state index contributed by atoms with van der Waals surface area (Å²) in [4.78, 5) is 25.9. The van der Waals surface area contributed by atoms with E-state index in [1.807, 2.05) is 18.2 Å². The summed E-state index contributed by atoms with van der Waals surface area (Å²) in [6, 6.07) is 7.28. The second kappa shape index (κ2) is 7.62. The summed E-state index contributed by atoms with van der Waals surface area (Å²) in [6.07, 6.45) is 1.51. The molecule has 0 N–H and O–H groups in total. The third-order valence-corrected chi connectivity index (χ3v) is 5.77. The first-order valence-electron chi connectivity index (χ1n) is 9.80. The normalized spacial score (nSPS) is 14.4. The third-order valence-electron chi connectivity index (χ3n) is 5.44. The number of benzene rings is 1. The van der Waals surface area contributed by atoms with E-state index in [1.54, 1.807) is 29.6 Å². The number of rotatable bonds is 3. The van der Waals surface area contributed by atoms with Gasteiger partial charge in [0.15, 0.2) is 17.0 Å². The molecule has 1 amide bonds. The third kappa shape index (κ3) is 3.28. The largest absolute Gasteiger partial charge is 0.360 e. The molecular formula is C20H19ClN8O2. The van der Waals surface area contributed by atoms with Gasteiger partial charge in [-0.25, -0.2) is 14.6 Å². The number of nitrogens with zero attached hydrogens (tertiary/aromatic N) is 8. The van der Waals surface area contributed by atoms with Crippen LogP contribution < -0.4 is 4.90 Å². The minimum absolute atomic E-state index is 0.124. The number of halogens is 1. The van der Waals surface area contributed by atoms with Gasteiger partial charge in [-0.15, -0.1) is 5.10 Å². The Balaban J connectivity index is 1.38. The van der Waals surface area contributed by atoms with Crippen LogP contribution in [0.1, 0.15) is 16.1 Å². The van der Waals surface area contributed by atoms with E-state index in [4.69, 9.17) is 16.1 Å². The summed E-state index contributed by atoms with van der Waals surface area (Å²) in [5.41, 5.74) is 2.91. The van der Waals surface area contributed by atoms with Gasteiger partial charge in [0.05, 0.1) is 5.02 Å². The fourth-order valence-electron chi connectivity index (χ4n) is 3.81. The summed E-state index contributed by atoms with van der Waals surface area (Å²) in [5, 5.41) is 12.8. The Morgan fingerprint density at radius 1 is 1.13 bits per heavy atom. The Morgan fingerprint density at radius 3 is 2.68 bits per heavy atom. The zero-order valence-electron chi connectivity index (χ0n) is 17.0. The Labute approximate surface area is 182 Å². The molecule has 158 valence electrons. The lowest BCUT2D eigenvalue weighted by Gasteiger charge is -2.35. The van der Waals surface area contributed by atoms with Crippen LogP contribution in [0.15, 0.2) is 35.1 Å². The Kier molecular flexibility index (Phi) is 4.78. The molecule has 0 atom stereocenters. The molecule has 0 aliphatic carbocycles. The highest BCUT2D eigenvalue weighted by atomic mass is 35.5. The van der Waals surface area contributed by atoms with Gasteiger partial charge in [0.25, 0.3) is 5.91 Å². The molecule has 1 aliphatic heterocycles. The first-order valence-corrected chi connectivity index (χ1v) is 10.2. The number of piperazine rings is 1. The fraction of sp³-hybridized carbons (Fsp3) is 0.300. The zero-order valence-corrected chi connectivity index (χ0v) is 17.7. The standard InChI is InChI=1S/C20H19ClN8O2/c1-12-15(16(25-31-12)13-5-3-4-6-14(13)21)20(30)29-9-7-28(8-10-29)19-17-18(22-11-23-19)27(2)26-24-17/h3-6,11H,7-10H2,1-2H3. The summed E-state index contributed by atoms with van der Waals surface area (Å²) in [5.74, 6) is 1.07. The molecule has 10 nitrogen and oxygen atoms in total. The summed E-state index contributed by atoms with van der Waals surface area (Å²) in [7, 11) is 1.79. The van der Waals surface area contributed by atoms with Gasteiger partial charge in [-0.3, -0.25) is 4.79 Å². The van der Waals surface area contributed by atoms with Crippen molar-refractivity contribution in [3.8, 4) is 11.3 Å². The van der Waals surface area contributed by atoms with Gasteiger partial charge in [0, 0.05) is 38.8 Å². The molecule has 0 radical (unpaired) electrons. The van der Waals surface area contributed by atoms with Gasteiger partial charge < -0.3 is 14.3 Å². The van der Waals surface area contributed by atoms with E-state index in [1.165, 1.54) is 6.33 Å². The van der Waals surface area contributed by atoms with Crippen molar-refractivity contribution in [2.45, 2.75) is 6.92 Å². The lowest BCUT2D eigenvalue weighted by atomic mass is 10.0. The minimum atomic E-state index is -0.124. The number of carbonyl (C=O) groups is 1. The number of aryl methyl sites for hydroxylation is 2. The smallest absolute Gasteiger partial charge is 0.259 e. The quantitative estimate of drug-likeness (QED) is 0.479. The van der Waals surface area contributed by atoms with E-state index >= 15 is 0 Å². The Hall–Kier alpha value is -3.53. The maximum atomic E-state index is 13.4. The average Bonchev–Trinajstić information content (AvgIpc) is 3.36. The van der Waals surface area contributed by atoms with Gasteiger partial charge in [0.2, 0.25) is 0 Å². The lowest BCUT2D eigenvalue weighted by Crippen LogP contribution is -2.49. The van der Waals surface area contributed by atoms with Crippen molar-refractivity contribution in [3.63, 3.8) is 0 Å². The number of amides is 1. The van der Waals surface area contributed by atoms with E-state index in [0.717, 1.165) is 5.82 Å². The topological polar surface area (TPSA) is 106 Å². The van der Waals surface area contributed by atoms with Crippen LogP contribution in [-0.4, -0.2) is 67.1 Å². The molecule has 1 aromatic carbocycles. The van der Waals surface area contributed by atoms with Gasteiger partial charge in [-0.05, 0) is 13.0 Å².